The van der Waals surface area contributed by atoms with Crippen molar-refractivity contribution in [3.8, 4) is 0 Å². The van der Waals surface area contributed by atoms with Gasteiger partial charge in [-0.15, -0.1) is 0 Å². The van der Waals surface area contributed by atoms with E-state index in [0.29, 0.717) is 6.26 Å². The van der Waals surface area contributed by atoms with E-state index in [1.54, 1.807) is 0 Å². The molecule has 0 heterocycles. The normalized spacial score (nSPS) is 14.4. The number of esters is 1. The van der Waals surface area contributed by atoms with E-state index in [1.165, 1.54) is 12.1 Å². The molecule has 124 valence electrons. The predicted octanol–water partition coefficient (Wildman–Crippen LogP) is -1.73. The number of nitrogen functional groups attached to an aromatic ring is 1. The molecule has 0 aliphatic carbocycles. The third-order valence-corrected chi connectivity index (χ3v) is 7.43. The van der Waals surface area contributed by atoms with Crippen LogP contribution in [0.1, 0.15) is 0 Å². The molecule has 11 heteroatoms. The highest BCUT2D eigenvalue weighted by Crippen LogP contribution is 2.28. The number of benzene rings is 1. The van der Waals surface area contributed by atoms with Crippen molar-refractivity contribution >= 4 is 31.3 Å². The topological polar surface area (TPSA) is 161 Å². The highest BCUT2D eigenvalue weighted by molar-refractivity contribution is 8.09. The summed E-state index contributed by atoms with van der Waals surface area (Å²) in [5.74, 6) is -5.59. The third-order valence-electron chi connectivity index (χ3n) is 2.69. The van der Waals surface area contributed by atoms with Gasteiger partial charge in [0.2, 0.25) is 14.4 Å². The average molecular weight is 353 g/mol. The number of nitrogens with two attached hydrogens (primary N) is 1. The Morgan fingerprint density at radius 3 is 2.00 bits per heavy atom. The van der Waals surface area contributed by atoms with Crippen LogP contribution >= 0.6 is 0 Å². The van der Waals surface area contributed by atoms with E-state index in [9.17, 15) is 31.8 Å². The smallest absolute Gasteiger partial charge is 0.368 e. The molecule has 1 rings (SSSR count). The lowest BCUT2D eigenvalue weighted by Crippen LogP contribution is -2.56. The number of aliphatic hydroxyl groups is 2. The molecule has 0 fully saturated rings. The number of methoxy groups -OCH3 is 1. The number of carbonyl (C=O) groups excluding carboxylic acids is 1. The van der Waals surface area contributed by atoms with Crippen LogP contribution in [0.3, 0.4) is 0 Å². The van der Waals surface area contributed by atoms with Crippen molar-refractivity contribution in [2.24, 2.45) is 0 Å². The molecule has 0 saturated carbocycles. The van der Waals surface area contributed by atoms with E-state index in [1.807, 2.05) is 0 Å². The van der Waals surface area contributed by atoms with E-state index in [2.05, 4.69) is 4.74 Å². The molecule has 1 atom stereocenters. The van der Waals surface area contributed by atoms with E-state index in [0.717, 1.165) is 19.2 Å². The summed E-state index contributed by atoms with van der Waals surface area (Å²) in [7, 11) is -8.70. The summed E-state index contributed by atoms with van der Waals surface area (Å²) in [6.07, 6.45) is 0.455. The van der Waals surface area contributed by atoms with E-state index >= 15 is 0 Å². The molecule has 0 spiro atoms. The van der Waals surface area contributed by atoms with Crippen LogP contribution in [0.5, 0.6) is 0 Å². The van der Waals surface area contributed by atoms with Crippen LogP contribution in [0.2, 0.25) is 0 Å². The molecule has 1 aromatic rings. The number of carbonyl (C=O) groups is 1. The number of hydrogen-bond donors (Lipinski definition) is 3. The summed E-state index contributed by atoms with van der Waals surface area (Å²) < 4.78 is 49.5. The molecule has 0 radical (unpaired) electrons. The molecule has 9 nitrogen and oxygen atoms in total. The van der Waals surface area contributed by atoms with Crippen molar-refractivity contribution in [1.29, 1.82) is 0 Å². The minimum atomic E-state index is -4.83. The van der Waals surface area contributed by atoms with E-state index in [-0.39, 0.29) is 5.69 Å². The van der Waals surface area contributed by atoms with Gasteiger partial charge in [0, 0.05) is 11.9 Å². The molecule has 0 aliphatic rings. The van der Waals surface area contributed by atoms with Crippen LogP contribution in [0.4, 0.5) is 5.69 Å². The maximum atomic E-state index is 12.4. The van der Waals surface area contributed by atoms with Gasteiger partial charge in [0.05, 0.1) is 12.0 Å². The molecule has 0 aromatic heterocycles. The zero-order valence-electron chi connectivity index (χ0n) is 11.6. The summed E-state index contributed by atoms with van der Waals surface area (Å²) in [5.41, 5.74) is 5.61. The van der Waals surface area contributed by atoms with Gasteiger partial charge in [0.25, 0.3) is 5.79 Å². The Bertz CT molecular complexity index is 765. The Morgan fingerprint density at radius 1 is 1.18 bits per heavy atom. The fourth-order valence-corrected chi connectivity index (χ4v) is 5.93. The SMILES string of the molecule is COC(=O)C(O)(O)C(S(C)(=O)=O)S(=O)(=O)c1ccc(N)cc1. The first-order valence-electron chi connectivity index (χ1n) is 5.66. The first kappa shape index (κ1) is 18.4. The fourth-order valence-electron chi connectivity index (χ4n) is 1.77. The number of ether oxygens (including phenoxy) is 1. The van der Waals surface area contributed by atoms with Gasteiger partial charge in [0.1, 0.15) is 0 Å². The average Bonchev–Trinajstić information content (AvgIpc) is 2.35. The fraction of sp³-hybridized carbons (Fsp3) is 0.364. The largest absolute Gasteiger partial charge is 0.465 e. The number of anilines is 1. The van der Waals surface area contributed by atoms with Crippen LogP contribution in [0.15, 0.2) is 29.2 Å². The van der Waals surface area contributed by atoms with Gasteiger partial charge in [-0.2, -0.15) is 0 Å². The first-order chi connectivity index (χ1) is 9.85. The van der Waals surface area contributed by atoms with E-state index in [4.69, 9.17) is 5.73 Å². The van der Waals surface area contributed by atoms with Crippen LogP contribution in [0, 0.1) is 0 Å². The Morgan fingerprint density at radius 2 is 1.64 bits per heavy atom. The summed E-state index contributed by atoms with van der Waals surface area (Å²) in [4.78, 5) is 10.8. The van der Waals surface area contributed by atoms with E-state index < -0.39 is 40.9 Å². The highest BCUT2D eigenvalue weighted by Gasteiger charge is 2.57. The molecule has 0 amide bonds. The van der Waals surface area contributed by atoms with Crippen molar-refractivity contribution in [1.82, 2.24) is 0 Å². The van der Waals surface area contributed by atoms with Crippen molar-refractivity contribution in [2.75, 3.05) is 19.1 Å². The van der Waals surface area contributed by atoms with Crippen molar-refractivity contribution in [2.45, 2.75) is 15.3 Å². The number of hydrogen-bond acceptors (Lipinski definition) is 9. The van der Waals surface area contributed by atoms with Gasteiger partial charge in [-0.25, -0.2) is 21.6 Å². The van der Waals surface area contributed by atoms with Crippen LogP contribution < -0.4 is 5.73 Å². The molecule has 4 N–H and O–H groups in total. The van der Waals surface area contributed by atoms with Gasteiger partial charge in [-0.1, -0.05) is 0 Å². The Hall–Kier alpha value is -1.69. The predicted molar refractivity (Wildman–Crippen MR) is 75.9 cm³/mol. The minimum Gasteiger partial charge on any atom is -0.465 e. The van der Waals surface area contributed by atoms with Crippen LogP contribution in [-0.2, 0) is 29.2 Å². The second-order valence-corrected chi connectivity index (χ2v) is 8.95. The first-order valence-corrected chi connectivity index (χ1v) is 9.16. The zero-order valence-corrected chi connectivity index (χ0v) is 13.3. The summed E-state index contributed by atoms with van der Waals surface area (Å²) >= 11 is 0. The maximum absolute atomic E-state index is 12.4. The molecular weight excluding hydrogens is 338 g/mol. The monoisotopic (exact) mass is 353 g/mol. The van der Waals surface area contributed by atoms with Crippen LogP contribution in [-0.4, -0.2) is 56.8 Å². The van der Waals surface area contributed by atoms with Gasteiger partial charge < -0.3 is 20.7 Å². The second kappa shape index (κ2) is 5.83. The lowest BCUT2D eigenvalue weighted by Gasteiger charge is -2.26. The lowest BCUT2D eigenvalue weighted by atomic mass is 10.3. The molecule has 0 aliphatic heterocycles. The summed E-state index contributed by atoms with van der Waals surface area (Å²) in [6.45, 7) is 0. The Labute approximate surface area is 127 Å². The van der Waals surface area contributed by atoms with Gasteiger partial charge in [0.15, 0.2) is 9.84 Å². The molecule has 0 bridgehead atoms. The molecule has 1 unspecified atom stereocenters. The standard InChI is InChI=1S/C11H15NO8S2/c1-20-9(13)11(14,15)10(21(2,16)17)22(18,19)8-5-3-7(12)4-6-8/h3-6,10,14-15H,12H2,1-2H3. The number of sulfone groups is 2. The summed E-state index contributed by atoms with van der Waals surface area (Å²) in [6, 6.07) is 4.33. The van der Waals surface area contributed by atoms with Gasteiger partial charge in [-0.05, 0) is 24.3 Å². The van der Waals surface area contributed by atoms with Gasteiger partial charge in [-0.3, -0.25) is 0 Å². The lowest BCUT2D eigenvalue weighted by molar-refractivity contribution is -0.201. The Kier molecular flexibility index (Phi) is 4.87. The zero-order chi connectivity index (χ0) is 17.3. The molecule has 22 heavy (non-hydrogen) atoms. The highest BCUT2D eigenvalue weighted by atomic mass is 32.3. The van der Waals surface area contributed by atoms with Crippen molar-refractivity contribution in [3.63, 3.8) is 0 Å². The van der Waals surface area contributed by atoms with Crippen molar-refractivity contribution < 1.29 is 36.6 Å². The second-order valence-electron chi connectivity index (χ2n) is 4.49. The summed E-state index contributed by atoms with van der Waals surface area (Å²) in [5, 5.41) is 19.5. The molecular formula is C11H15NO8S2. The quantitative estimate of drug-likeness (QED) is 0.317. The van der Waals surface area contributed by atoms with Crippen molar-refractivity contribution in [3.05, 3.63) is 24.3 Å². The number of rotatable bonds is 5. The maximum Gasteiger partial charge on any atom is 0.368 e. The third kappa shape index (κ3) is 3.38. The minimum absolute atomic E-state index is 0.210. The molecule has 0 saturated heterocycles. The Balaban J connectivity index is 3.60. The van der Waals surface area contributed by atoms with Crippen LogP contribution in [0.25, 0.3) is 0 Å². The molecule has 1 aromatic carbocycles. The van der Waals surface area contributed by atoms with Gasteiger partial charge >= 0.3 is 5.97 Å².